The average molecular weight is 518 g/mol. The van der Waals surface area contributed by atoms with E-state index in [0.717, 1.165) is 6.42 Å². The van der Waals surface area contributed by atoms with Crippen LogP contribution in [0.4, 0.5) is 4.79 Å². The molecule has 8 heteroatoms. The first-order chi connectivity index (χ1) is 18.0. The molecule has 0 aliphatic carbocycles. The molecule has 1 unspecified atom stereocenters. The van der Waals surface area contributed by atoms with Crippen molar-refractivity contribution >= 4 is 34.4 Å². The fraction of sp³-hybridized carbons (Fsp3) is 0.172. The molecule has 1 heterocycles. The van der Waals surface area contributed by atoms with E-state index in [4.69, 9.17) is 30.9 Å². The molecule has 1 aliphatic rings. The summed E-state index contributed by atoms with van der Waals surface area (Å²) in [4.78, 5) is 23.6. The minimum Gasteiger partial charge on any atom is -0.493 e. The van der Waals surface area contributed by atoms with Gasteiger partial charge in [-0.15, -0.1) is 0 Å². The van der Waals surface area contributed by atoms with E-state index in [1.807, 2.05) is 18.2 Å². The topological polar surface area (TPSA) is 94.1 Å². The van der Waals surface area contributed by atoms with Gasteiger partial charge in [-0.2, -0.15) is 0 Å². The second-order valence-electron chi connectivity index (χ2n) is 8.60. The van der Waals surface area contributed by atoms with Gasteiger partial charge in [0.15, 0.2) is 0 Å². The molecule has 1 amide bonds. The molecule has 0 bridgehead atoms. The van der Waals surface area contributed by atoms with E-state index in [9.17, 15) is 9.59 Å². The lowest BCUT2D eigenvalue weighted by molar-refractivity contribution is 0.0326. The Morgan fingerprint density at radius 3 is 2.62 bits per heavy atom. The number of amides is 1. The standard InChI is InChI=1S/C29H24ClNO6/c30-24-16-23-25(37-29(33)34)13-15-35-26(23)17-27(24)36-21-10-8-20(9-11-21)28(32)31-14-12-19-6-3-5-18-4-1-2-7-22(18)19/h1-11,16-17,25H,12-15H2,(H,31,32)(H,33,34). The second kappa shape index (κ2) is 10.8. The summed E-state index contributed by atoms with van der Waals surface area (Å²) in [5, 5.41) is 14.6. The normalized spacial score (nSPS) is 14.4. The number of ether oxygens (including phenoxy) is 3. The zero-order valence-electron chi connectivity index (χ0n) is 19.8. The number of hydrogen-bond donors (Lipinski definition) is 2. The maximum atomic E-state index is 12.6. The molecule has 0 radical (unpaired) electrons. The third-order valence-corrected chi connectivity index (χ3v) is 6.49. The van der Waals surface area contributed by atoms with E-state index in [1.54, 1.807) is 36.4 Å². The van der Waals surface area contributed by atoms with Crippen molar-refractivity contribution in [3.63, 3.8) is 0 Å². The van der Waals surface area contributed by atoms with Crippen LogP contribution in [-0.2, 0) is 11.2 Å². The van der Waals surface area contributed by atoms with Gasteiger partial charge in [-0.1, -0.05) is 54.1 Å². The van der Waals surface area contributed by atoms with Gasteiger partial charge in [0.2, 0.25) is 0 Å². The molecule has 1 atom stereocenters. The number of rotatable bonds is 7. The molecular weight excluding hydrogens is 494 g/mol. The Morgan fingerprint density at radius 2 is 1.81 bits per heavy atom. The summed E-state index contributed by atoms with van der Waals surface area (Å²) < 4.78 is 16.5. The first-order valence-electron chi connectivity index (χ1n) is 11.9. The van der Waals surface area contributed by atoms with Gasteiger partial charge >= 0.3 is 6.16 Å². The molecule has 0 saturated carbocycles. The predicted octanol–water partition coefficient (Wildman–Crippen LogP) is 6.78. The minimum absolute atomic E-state index is 0.170. The van der Waals surface area contributed by atoms with Crippen LogP contribution in [0.15, 0.2) is 78.9 Å². The number of halogens is 1. The van der Waals surface area contributed by atoms with Crippen LogP contribution in [0, 0.1) is 0 Å². The summed E-state index contributed by atoms with van der Waals surface area (Å²) in [6.07, 6.45) is -0.870. The van der Waals surface area contributed by atoms with Gasteiger partial charge in [0.1, 0.15) is 23.4 Å². The Balaban J connectivity index is 1.21. The zero-order valence-corrected chi connectivity index (χ0v) is 20.5. The van der Waals surface area contributed by atoms with Crippen molar-refractivity contribution in [2.24, 2.45) is 0 Å². The number of hydrogen-bond acceptors (Lipinski definition) is 5. The minimum atomic E-state index is -1.35. The maximum Gasteiger partial charge on any atom is 0.506 e. The van der Waals surface area contributed by atoms with Gasteiger partial charge in [0.25, 0.3) is 5.91 Å². The lowest BCUT2D eigenvalue weighted by Gasteiger charge is -2.25. The molecule has 0 saturated heterocycles. The summed E-state index contributed by atoms with van der Waals surface area (Å²) in [6, 6.07) is 24.3. The highest BCUT2D eigenvalue weighted by Crippen LogP contribution is 2.42. The van der Waals surface area contributed by atoms with Crippen molar-refractivity contribution in [2.75, 3.05) is 13.2 Å². The Morgan fingerprint density at radius 1 is 1.03 bits per heavy atom. The molecule has 188 valence electrons. The fourth-order valence-electron chi connectivity index (χ4n) is 4.41. The molecule has 1 aliphatic heterocycles. The summed E-state index contributed by atoms with van der Waals surface area (Å²) in [5.41, 5.74) is 2.26. The maximum absolute atomic E-state index is 12.6. The molecule has 4 aromatic rings. The largest absolute Gasteiger partial charge is 0.506 e. The van der Waals surface area contributed by atoms with Crippen LogP contribution in [0.2, 0.25) is 5.02 Å². The first kappa shape index (κ1) is 24.5. The van der Waals surface area contributed by atoms with Crippen molar-refractivity contribution in [3.05, 3.63) is 101 Å². The Hall–Kier alpha value is -4.23. The highest BCUT2D eigenvalue weighted by Gasteiger charge is 2.27. The van der Waals surface area contributed by atoms with Crippen molar-refractivity contribution in [2.45, 2.75) is 18.9 Å². The van der Waals surface area contributed by atoms with Crippen LogP contribution >= 0.6 is 11.6 Å². The highest BCUT2D eigenvalue weighted by molar-refractivity contribution is 6.32. The number of nitrogens with one attached hydrogen (secondary N) is 1. The quantitative estimate of drug-likeness (QED) is 0.262. The van der Waals surface area contributed by atoms with E-state index < -0.39 is 12.3 Å². The van der Waals surface area contributed by atoms with Crippen molar-refractivity contribution in [1.82, 2.24) is 5.32 Å². The molecule has 7 nitrogen and oxygen atoms in total. The Labute approximate surface area is 218 Å². The molecule has 5 rings (SSSR count). The van der Waals surface area contributed by atoms with Crippen molar-refractivity contribution in [1.29, 1.82) is 0 Å². The number of carbonyl (C=O) groups is 2. The van der Waals surface area contributed by atoms with Crippen LogP contribution in [-0.4, -0.2) is 30.3 Å². The Kier molecular flexibility index (Phi) is 7.14. The Bertz CT molecular complexity index is 1450. The highest BCUT2D eigenvalue weighted by atomic mass is 35.5. The average Bonchev–Trinajstić information content (AvgIpc) is 2.90. The molecule has 37 heavy (non-hydrogen) atoms. The van der Waals surface area contributed by atoms with E-state index in [1.165, 1.54) is 16.3 Å². The smallest absolute Gasteiger partial charge is 0.493 e. The summed E-state index contributed by atoms with van der Waals surface area (Å²) in [7, 11) is 0. The first-order valence-corrected chi connectivity index (χ1v) is 12.2. The van der Waals surface area contributed by atoms with Crippen LogP contribution in [0.5, 0.6) is 17.2 Å². The van der Waals surface area contributed by atoms with E-state index in [2.05, 4.69) is 29.6 Å². The number of benzene rings is 4. The third-order valence-electron chi connectivity index (χ3n) is 6.20. The lowest BCUT2D eigenvalue weighted by atomic mass is 10.0. The number of carboxylic acid groups (broad SMARTS) is 1. The van der Waals surface area contributed by atoms with Gasteiger partial charge in [-0.25, -0.2) is 4.79 Å². The van der Waals surface area contributed by atoms with Crippen molar-refractivity contribution in [3.8, 4) is 17.2 Å². The van der Waals surface area contributed by atoms with Crippen molar-refractivity contribution < 1.29 is 28.9 Å². The second-order valence-corrected chi connectivity index (χ2v) is 9.01. The third kappa shape index (κ3) is 5.62. The summed E-state index contributed by atoms with van der Waals surface area (Å²) in [6.45, 7) is 0.832. The van der Waals surface area contributed by atoms with Gasteiger partial charge in [-0.3, -0.25) is 4.79 Å². The van der Waals surface area contributed by atoms with E-state index in [0.29, 0.717) is 53.0 Å². The van der Waals surface area contributed by atoms with Gasteiger partial charge in [0.05, 0.1) is 11.6 Å². The molecule has 0 aromatic heterocycles. The predicted molar refractivity (Wildman–Crippen MR) is 140 cm³/mol. The summed E-state index contributed by atoms with van der Waals surface area (Å²) in [5.74, 6) is 1.13. The number of carbonyl (C=O) groups excluding carboxylic acids is 1. The van der Waals surface area contributed by atoms with Gasteiger partial charge in [0, 0.05) is 30.2 Å². The fourth-order valence-corrected chi connectivity index (χ4v) is 4.62. The number of fused-ring (bicyclic) bond motifs is 2. The molecule has 0 fully saturated rings. The molecule has 4 aromatic carbocycles. The SMILES string of the molecule is O=C(O)OC1CCOc2cc(Oc3ccc(C(=O)NCCc4cccc5ccccc45)cc3)c(Cl)cc21. The van der Waals surface area contributed by atoms with Crippen LogP contribution in [0.1, 0.15) is 34.0 Å². The van der Waals surface area contributed by atoms with E-state index in [-0.39, 0.29) is 5.91 Å². The van der Waals surface area contributed by atoms with Gasteiger partial charge < -0.3 is 24.6 Å². The van der Waals surface area contributed by atoms with Crippen LogP contribution in [0.25, 0.3) is 10.8 Å². The summed E-state index contributed by atoms with van der Waals surface area (Å²) >= 11 is 6.39. The van der Waals surface area contributed by atoms with Gasteiger partial charge in [-0.05, 0) is 53.1 Å². The molecular formula is C29H24ClNO6. The molecule has 0 spiro atoms. The lowest BCUT2D eigenvalue weighted by Crippen LogP contribution is -2.25. The van der Waals surface area contributed by atoms with E-state index >= 15 is 0 Å². The van der Waals surface area contributed by atoms with Crippen LogP contribution in [0.3, 0.4) is 0 Å². The zero-order chi connectivity index (χ0) is 25.8. The molecule has 2 N–H and O–H groups in total. The monoisotopic (exact) mass is 517 g/mol. The van der Waals surface area contributed by atoms with Crippen LogP contribution < -0.4 is 14.8 Å².